The van der Waals surface area contributed by atoms with Gasteiger partial charge in [0, 0.05) is 6.42 Å². The van der Waals surface area contributed by atoms with Crippen molar-refractivity contribution in [3.63, 3.8) is 0 Å². The number of rotatable bonds is 2. The van der Waals surface area contributed by atoms with Crippen molar-refractivity contribution in [2.75, 3.05) is 0 Å². The van der Waals surface area contributed by atoms with Gasteiger partial charge in [-0.15, -0.1) is 6.42 Å². The van der Waals surface area contributed by atoms with Crippen molar-refractivity contribution in [1.29, 1.82) is 0 Å². The maximum Gasteiger partial charge on any atom is 0.118 e. The average Bonchev–Trinajstić information content (AvgIpc) is 2.06. The van der Waals surface area contributed by atoms with E-state index in [1.807, 2.05) is 0 Å². The Morgan fingerprint density at radius 2 is 2.45 bits per heavy atom. The van der Waals surface area contributed by atoms with Crippen LogP contribution in [0.3, 0.4) is 0 Å². The fourth-order valence-electron chi connectivity index (χ4n) is 1.40. The van der Waals surface area contributed by atoms with Gasteiger partial charge in [0.15, 0.2) is 0 Å². The predicted octanol–water partition coefficient (Wildman–Crippen LogP) is 1.87. The molecule has 0 amide bonds. The van der Waals surface area contributed by atoms with Crippen LogP contribution in [0.2, 0.25) is 0 Å². The molecule has 1 N–H and O–H groups in total. The minimum atomic E-state index is -0.570. The summed E-state index contributed by atoms with van der Waals surface area (Å²) >= 11 is 0. The number of terminal acetylenes is 1. The monoisotopic (exact) mass is 150 g/mol. The van der Waals surface area contributed by atoms with Crippen LogP contribution in [0.4, 0.5) is 0 Å². The fraction of sp³-hybridized carbons (Fsp3) is 0.600. The van der Waals surface area contributed by atoms with Crippen LogP contribution in [0, 0.1) is 12.3 Å². The molecule has 0 saturated heterocycles. The third-order valence-electron chi connectivity index (χ3n) is 2.03. The Hall–Kier alpha value is -0.740. The predicted molar refractivity (Wildman–Crippen MR) is 46.0 cm³/mol. The Bertz CT molecular complexity index is 186. The number of hydrogen-bond donors (Lipinski definition) is 1. The molecule has 0 saturated carbocycles. The van der Waals surface area contributed by atoms with E-state index in [0.29, 0.717) is 6.42 Å². The summed E-state index contributed by atoms with van der Waals surface area (Å²) in [6.45, 7) is 0. The molecule has 1 unspecified atom stereocenters. The van der Waals surface area contributed by atoms with E-state index in [-0.39, 0.29) is 0 Å². The van der Waals surface area contributed by atoms with Gasteiger partial charge in [0.2, 0.25) is 0 Å². The van der Waals surface area contributed by atoms with Gasteiger partial charge in [-0.05, 0) is 25.7 Å². The molecule has 1 rings (SSSR count). The Balaban J connectivity index is 2.36. The summed E-state index contributed by atoms with van der Waals surface area (Å²) in [6, 6.07) is 0. The first kappa shape index (κ1) is 8.36. The quantitative estimate of drug-likeness (QED) is 0.470. The topological polar surface area (TPSA) is 20.2 Å². The van der Waals surface area contributed by atoms with Gasteiger partial charge < -0.3 is 5.11 Å². The van der Waals surface area contributed by atoms with E-state index in [1.165, 1.54) is 18.4 Å². The van der Waals surface area contributed by atoms with E-state index in [2.05, 4.69) is 12.0 Å². The van der Waals surface area contributed by atoms with Gasteiger partial charge in [-0.2, -0.15) is 0 Å². The van der Waals surface area contributed by atoms with Gasteiger partial charge in [-0.25, -0.2) is 0 Å². The lowest BCUT2D eigenvalue weighted by Gasteiger charge is -2.13. The van der Waals surface area contributed by atoms with Crippen molar-refractivity contribution in [3.8, 4) is 12.3 Å². The van der Waals surface area contributed by atoms with Crippen molar-refractivity contribution in [1.82, 2.24) is 0 Å². The van der Waals surface area contributed by atoms with Crippen molar-refractivity contribution in [2.45, 2.75) is 38.2 Å². The van der Waals surface area contributed by atoms with Gasteiger partial charge in [-0.3, -0.25) is 0 Å². The minimum Gasteiger partial charge on any atom is -0.380 e. The highest BCUT2D eigenvalue weighted by molar-refractivity contribution is 5.10. The summed E-state index contributed by atoms with van der Waals surface area (Å²) in [6.07, 6.45) is 12.2. The highest BCUT2D eigenvalue weighted by Gasteiger charge is 2.06. The first-order chi connectivity index (χ1) is 5.33. The maximum absolute atomic E-state index is 9.13. The van der Waals surface area contributed by atoms with E-state index in [9.17, 15) is 0 Å². The first-order valence-electron chi connectivity index (χ1n) is 4.15. The lowest BCUT2D eigenvalue weighted by Crippen LogP contribution is -2.05. The maximum atomic E-state index is 9.13. The van der Waals surface area contributed by atoms with Crippen molar-refractivity contribution < 1.29 is 5.11 Å². The molecule has 0 fully saturated rings. The third-order valence-corrected chi connectivity index (χ3v) is 2.03. The van der Waals surface area contributed by atoms with Gasteiger partial charge in [-0.1, -0.05) is 17.6 Å². The van der Waals surface area contributed by atoms with Crippen LogP contribution < -0.4 is 0 Å². The highest BCUT2D eigenvalue weighted by atomic mass is 16.3. The average molecular weight is 150 g/mol. The summed E-state index contributed by atoms with van der Waals surface area (Å²) in [4.78, 5) is 0. The van der Waals surface area contributed by atoms with Crippen LogP contribution >= 0.6 is 0 Å². The van der Waals surface area contributed by atoms with E-state index in [4.69, 9.17) is 11.5 Å². The van der Waals surface area contributed by atoms with E-state index < -0.39 is 6.10 Å². The molecule has 1 aliphatic carbocycles. The van der Waals surface area contributed by atoms with Crippen LogP contribution in [0.5, 0.6) is 0 Å². The summed E-state index contributed by atoms with van der Waals surface area (Å²) < 4.78 is 0. The molecule has 11 heavy (non-hydrogen) atoms. The van der Waals surface area contributed by atoms with Crippen LogP contribution in [-0.4, -0.2) is 11.2 Å². The minimum absolute atomic E-state index is 0.570. The van der Waals surface area contributed by atoms with Crippen LogP contribution in [0.15, 0.2) is 11.6 Å². The number of hydrogen-bond acceptors (Lipinski definition) is 1. The summed E-state index contributed by atoms with van der Waals surface area (Å²) in [5.74, 6) is 2.33. The molecule has 1 aliphatic rings. The van der Waals surface area contributed by atoms with Crippen LogP contribution in [0.25, 0.3) is 0 Å². The molecule has 0 spiro atoms. The summed E-state index contributed by atoms with van der Waals surface area (Å²) in [5, 5.41) is 9.13. The van der Waals surface area contributed by atoms with E-state index in [0.717, 1.165) is 12.8 Å². The Labute approximate surface area is 68.1 Å². The lowest BCUT2D eigenvalue weighted by molar-refractivity contribution is 0.231. The number of allylic oxidation sites excluding steroid dienone is 1. The fourth-order valence-corrected chi connectivity index (χ4v) is 1.40. The van der Waals surface area contributed by atoms with Crippen molar-refractivity contribution in [2.24, 2.45) is 0 Å². The molecule has 0 bridgehead atoms. The normalized spacial score (nSPS) is 20.2. The lowest BCUT2D eigenvalue weighted by atomic mass is 9.95. The molecule has 0 heterocycles. The van der Waals surface area contributed by atoms with Gasteiger partial charge in [0.25, 0.3) is 0 Å². The second-order valence-corrected chi connectivity index (χ2v) is 2.99. The number of aliphatic hydroxyl groups is 1. The molecule has 0 radical (unpaired) electrons. The number of aliphatic hydroxyl groups excluding tert-OH is 1. The van der Waals surface area contributed by atoms with Crippen LogP contribution in [0.1, 0.15) is 32.1 Å². The largest absolute Gasteiger partial charge is 0.380 e. The summed E-state index contributed by atoms with van der Waals surface area (Å²) in [7, 11) is 0. The highest BCUT2D eigenvalue weighted by Crippen LogP contribution is 2.20. The van der Waals surface area contributed by atoms with Crippen molar-refractivity contribution in [3.05, 3.63) is 11.6 Å². The van der Waals surface area contributed by atoms with Crippen molar-refractivity contribution >= 4 is 0 Å². The molecule has 1 atom stereocenters. The molecule has 0 aromatic heterocycles. The zero-order valence-corrected chi connectivity index (χ0v) is 6.71. The Kier molecular flexibility index (Phi) is 3.19. The first-order valence-corrected chi connectivity index (χ1v) is 4.15. The summed E-state index contributed by atoms with van der Waals surface area (Å²) in [5.41, 5.74) is 1.33. The van der Waals surface area contributed by atoms with Gasteiger partial charge >= 0.3 is 0 Å². The molecule has 0 aromatic carbocycles. The Morgan fingerprint density at radius 1 is 1.64 bits per heavy atom. The molecular formula is C10H14O. The Morgan fingerprint density at radius 3 is 3.00 bits per heavy atom. The zero-order valence-electron chi connectivity index (χ0n) is 6.71. The van der Waals surface area contributed by atoms with E-state index in [1.54, 1.807) is 0 Å². The molecular weight excluding hydrogens is 136 g/mol. The van der Waals surface area contributed by atoms with Crippen LogP contribution in [-0.2, 0) is 0 Å². The molecule has 1 heteroatoms. The zero-order chi connectivity index (χ0) is 8.10. The molecule has 0 aromatic rings. The standard InChI is InChI=1S/C10H14O/c1-2-10(11)8-9-6-4-3-5-7-9/h1,6,10-11H,3-5,7-8H2. The molecule has 1 nitrogen and oxygen atoms in total. The SMILES string of the molecule is C#CC(O)CC1=CCCCC1. The smallest absolute Gasteiger partial charge is 0.118 e. The second-order valence-electron chi connectivity index (χ2n) is 2.99. The second kappa shape index (κ2) is 4.20. The van der Waals surface area contributed by atoms with Gasteiger partial charge in [0.1, 0.15) is 6.10 Å². The van der Waals surface area contributed by atoms with Gasteiger partial charge in [0.05, 0.1) is 0 Å². The van der Waals surface area contributed by atoms with E-state index >= 15 is 0 Å². The molecule has 60 valence electrons. The third kappa shape index (κ3) is 2.78. The molecule has 0 aliphatic heterocycles.